The molecule has 1 amide bonds. The lowest BCUT2D eigenvalue weighted by Gasteiger charge is -2.32. The summed E-state index contributed by atoms with van der Waals surface area (Å²) in [6.45, 7) is 3.16. The van der Waals surface area contributed by atoms with Gasteiger partial charge in [-0.3, -0.25) is 9.20 Å². The van der Waals surface area contributed by atoms with E-state index in [2.05, 4.69) is 62.1 Å². The molecule has 0 atom stereocenters. The summed E-state index contributed by atoms with van der Waals surface area (Å²) in [6, 6.07) is 17.0. The lowest BCUT2D eigenvalue weighted by atomic mass is 10.0. The summed E-state index contributed by atoms with van der Waals surface area (Å²) in [5.74, 6) is -0.0125. The molecule has 2 aliphatic heterocycles. The largest absolute Gasteiger partial charge is 0.350 e. The van der Waals surface area contributed by atoms with Crippen LogP contribution in [0, 0.1) is 0 Å². The summed E-state index contributed by atoms with van der Waals surface area (Å²) >= 11 is 1.66. The minimum atomic E-state index is -0.0125. The first kappa shape index (κ1) is 20.1. The van der Waals surface area contributed by atoms with Gasteiger partial charge in [0.15, 0.2) is 0 Å². The van der Waals surface area contributed by atoms with Crippen LogP contribution in [0.4, 0.5) is 0 Å². The third-order valence-electron chi connectivity index (χ3n) is 5.93. The first-order chi connectivity index (χ1) is 15.2. The average Bonchev–Trinajstić information content (AvgIpc) is 3.22. The minimum absolute atomic E-state index is 0.0125. The molecule has 1 aromatic carbocycles. The molecule has 5 rings (SSSR count). The van der Waals surface area contributed by atoms with Gasteiger partial charge in [-0.1, -0.05) is 48.2 Å². The summed E-state index contributed by atoms with van der Waals surface area (Å²) in [5.41, 5.74) is 3.39. The first-order valence-electron chi connectivity index (χ1n) is 10.9. The number of pyridine rings is 1. The number of likely N-dealkylation sites (tertiary alicyclic amines) is 1. The number of allylic oxidation sites excluding steroid dienone is 1. The Labute approximate surface area is 186 Å². The van der Waals surface area contributed by atoms with Crippen LogP contribution in [0.2, 0.25) is 0 Å². The van der Waals surface area contributed by atoms with Crippen molar-refractivity contribution >= 4 is 29.4 Å². The normalized spacial score (nSPS) is 17.2. The van der Waals surface area contributed by atoms with E-state index in [1.54, 1.807) is 17.8 Å². The van der Waals surface area contributed by atoms with E-state index < -0.39 is 0 Å². The van der Waals surface area contributed by atoms with Crippen molar-refractivity contribution in [1.82, 2.24) is 19.6 Å². The zero-order valence-electron chi connectivity index (χ0n) is 17.4. The molecule has 2 aliphatic rings. The Hall–Kier alpha value is -2.83. The van der Waals surface area contributed by atoms with Crippen LogP contribution in [0.25, 0.3) is 11.7 Å². The van der Waals surface area contributed by atoms with Gasteiger partial charge in [0.2, 0.25) is 5.91 Å². The smallest absolute Gasteiger partial charge is 0.244 e. The molecular weight excluding hydrogens is 404 g/mol. The van der Waals surface area contributed by atoms with Gasteiger partial charge in [0.05, 0.1) is 16.9 Å². The van der Waals surface area contributed by atoms with Crippen molar-refractivity contribution in [3.05, 3.63) is 83.0 Å². The fourth-order valence-electron chi connectivity index (χ4n) is 4.23. The van der Waals surface area contributed by atoms with Crippen molar-refractivity contribution in [1.29, 1.82) is 0 Å². The van der Waals surface area contributed by atoms with Gasteiger partial charge in [0, 0.05) is 36.7 Å². The summed E-state index contributed by atoms with van der Waals surface area (Å²) < 4.78 is 2.13. The van der Waals surface area contributed by atoms with E-state index in [9.17, 15) is 4.79 Å². The van der Waals surface area contributed by atoms with Crippen LogP contribution in [0.1, 0.15) is 24.1 Å². The standard InChI is InChI=1S/C25H26N4OS/c30-24(10-9-22-17-21-18-26-23-7-4-8-25(31-22)29(21)23)27-20-12-15-28(16-13-20)14-11-19-5-2-1-3-6-19/h1-10,17-18,20H,11-16H2,(H,27,30)/b10-9-. The van der Waals surface area contributed by atoms with Crippen LogP contribution < -0.4 is 5.32 Å². The zero-order valence-corrected chi connectivity index (χ0v) is 18.2. The highest BCUT2D eigenvalue weighted by atomic mass is 32.2. The molecule has 1 N–H and O–H groups in total. The second-order valence-electron chi connectivity index (χ2n) is 8.08. The minimum Gasteiger partial charge on any atom is -0.350 e. The predicted molar refractivity (Wildman–Crippen MR) is 126 cm³/mol. The third kappa shape index (κ3) is 4.75. The molecular formula is C25H26N4OS. The van der Waals surface area contributed by atoms with Crippen LogP contribution in [-0.2, 0) is 11.2 Å². The number of amides is 1. The Morgan fingerprint density at radius 2 is 1.97 bits per heavy atom. The van der Waals surface area contributed by atoms with Crippen LogP contribution in [0.15, 0.2) is 76.8 Å². The molecule has 31 heavy (non-hydrogen) atoms. The highest BCUT2D eigenvalue weighted by molar-refractivity contribution is 8.03. The van der Waals surface area contributed by atoms with Crippen LogP contribution in [0.3, 0.4) is 0 Å². The zero-order chi connectivity index (χ0) is 21.0. The SMILES string of the molecule is O=C(/C=C\C1=Cc2cnc3cccc(n23)S1)NC1CCN(CCc2ccccc2)CC1. The topological polar surface area (TPSA) is 49.6 Å². The summed E-state index contributed by atoms with van der Waals surface area (Å²) in [4.78, 5) is 20.4. The highest BCUT2D eigenvalue weighted by Crippen LogP contribution is 2.34. The van der Waals surface area contributed by atoms with Gasteiger partial charge in [-0.25, -0.2) is 4.98 Å². The number of carbonyl (C=O) groups excluding carboxylic acids is 1. The molecule has 0 aliphatic carbocycles. The Balaban J connectivity index is 1.10. The van der Waals surface area contributed by atoms with Crippen LogP contribution in [-0.4, -0.2) is 45.9 Å². The van der Waals surface area contributed by atoms with Gasteiger partial charge in [-0.2, -0.15) is 0 Å². The van der Waals surface area contributed by atoms with E-state index in [1.807, 2.05) is 24.4 Å². The quantitative estimate of drug-likeness (QED) is 0.597. The molecule has 6 heteroatoms. The summed E-state index contributed by atoms with van der Waals surface area (Å²) in [7, 11) is 0. The maximum atomic E-state index is 12.5. The van der Waals surface area contributed by atoms with Crippen molar-refractivity contribution < 1.29 is 4.79 Å². The van der Waals surface area contributed by atoms with Crippen molar-refractivity contribution in [3.8, 4) is 0 Å². The highest BCUT2D eigenvalue weighted by Gasteiger charge is 2.20. The lowest BCUT2D eigenvalue weighted by molar-refractivity contribution is -0.117. The van der Waals surface area contributed by atoms with Crippen molar-refractivity contribution in [2.24, 2.45) is 0 Å². The van der Waals surface area contributed by atoms with Crippen molar-refractivity contribution in [2.45, 2.75) is 30.3 Å². The van der Waals surface area contributed by atoms with E-state index in [1.165, 1.54) is 5.56 Å². The van der Waals surface area contributed by atoms with E-state index in [0.29, 0.717) is 0 Å². The second kappa shape index (κ2) is 9.12. The average molecular weight is 431 g/mol. The van der Waals surface area contributed by atoms with E-state index in [4.69, 9.17) is 0 Å². The number of nitrogens with one attached hydrogen (secondary N) is 1. The predicted octanol–water partition coefficient (Wildman–Crippen LogP) is 4.16. The van der Waals surface area contributed by atoms with Crippen LogP contribution >= 0.6 is 11.8 Å². The lowest BCUT2D eigenvalue weighted by Crippen LogP contribution is -2.44. The van der Waals surface area contributed by atoms with E-state index in [0.717, 1.165) is 60.2 Å². The number of thioether (sulfide) groups is 1. The molecule has 0 saturated carbocycles. The number of hydrogen-bond donors (Lipinski definition) is 1. The fraction of sp³-hybridized carbons (Fsp3) is 0.280. The molecule has 3 aromatic rings. The van der Waals surface area contributed by atoms with E-state index in [-0.39, 0.29) is 11.9 Å². The number of hydrogen-bond acceptors (Lipinski definition) is 4. The maximum Gasteiger partial charge on any atom is 0.244 e. The maximum absolute atomic E-state index is 12.5. The molecule has 0 unspecified atom stereocenters. The molecule has 1 fully saturated rings. The molecule has 0 spiro atoms. The molecule has 1 saturated heterocycles. The molecule has 5 nitrogen and oxygen atoms in total. The van der Waals surface area contributed by atoms with Crippen LogP contribution in [0.5, 0.6) is 0 Å². The van der Waals surface area contributed by atoms with Crippen molar-refractivity contribution in [2.75, 3.05) is 19.6 Å². The van der Waals surface area contributed by atoms with Gasteiger partial charge >= 0.3 is 0 Å². The summed E-state index contributed by atoms with van der Waals surface area (Å²) in [6.07, 6.45) is 10.6. The number of nitrogens with zero attached hydrogens (tertiary/aromatic N) is 3. The van der Waals surface area contributed by atoms with Crippen molar-refractivity contribution in [3.63, 3.8) is 0 Å². The Bertz CT molecular complexity index is 1130. The number of aromatic nitrogens is 2. The summed E-state index contributed by atoms with van der Waals surface area (Å²) in [5, 5.41) is 4.30. The Morgan fingerprint density at radius 1 is 1.13 bits per heavy atom. The number of benzene rings is 1. The number of imidazole rings is 1. The monoisotopic (exact) mass is 430 g/mol. The number of carbonyl (C=O) groups is 1. The Morgan fingerprint density at radius 3 is 2.81 bits per heavy atom. The molecule has 158 valence electrons. The molecule has 0 radical (unpaired) electrons. The number of piperidine rings is 1. The third-order valence-corrected chi connectivity index (χ3v) is 6.94. The number of rotatable bonds is 6. The van der Waals surface area contributed by atoms with Gasteiger partial charge in [0.25, 0.3) is 0 Å². The van der Waals surface area contributed by atoms with Gasteiger partial charge in [-0.15, -0.1) is 0 Å². The first-order valence-corrected chi connectivity index (χ1v) is 11.7. The fourth-order valence-corrected chi connectivity index (χ4v) is 5.22. The molecule has 2 aromatic heterocycles. The van der Waals surface area contributed by atoms with E-state index >= 15 is 0 Å². The molecule has 4 heterocycles. The van der Waals surface area contributed by atoms with Gasteiger partial charge < -0.3 is 10.2 Å². The Kier molecular flexibility index (Phi) is 5.91. The second-order valence-corrected chi connectivity index (χ2v) is 9.18. The molecule has 0 bridgehead atoms. The van der Waals surface area contributed by atoms with Gasteiger partial charge in [-0.05, 0) is 49.1 Å². The van der Waals surface area contributed by atoms with Gasteiger partial charge in [0.1, 0.15) is 5.65 Å².